The quantitative estimate of drug-likeness (QED) is 0.714. The van der Waals surface area contributed by atoms with Gasteiger partial charge in [0.05, 0.1) is 17.3 Å². The first-order valence-corrected chi connectivity index (χ1v) is 8.57. The van der Waals surface area contributed by atoms with Crippen molar-refractivity contribution in [1.29, 1.82) is 0 Å². The van der Waals surface area contributed by atoms with Crippen LogP contribution in [0.3, 0.4) is 0 Å². The van der Waals surface area contributed by atoms with E-state index >= 15 is 0 Å². The Labute approximate surface area is 150 Å². The number of aromatic nitrogens is 1. The summed E-state index contributed by atoms with van der Waals surface area (Å²) in [5, 5.41) is 3.51. The Morgan fingerprint density at radius 1 is 1.23 bits per heavy atom. The van der Waals surface area contributed by atoms with E-state index in [1.807, 2.05) is 18.2 Å². The van der Waals surface area contributed by atoms with E-state index in [1.165, 1.54) is 0 Å². The fourth-order valence-electron chi connectivity index (χ4n) is 2.72. The van der Waals surface area contributed by atoms with Crippen LogP contribution in [0.1, 0.15) is 30.1 Å². The molecule has 1 N–H and O–H groups in total. The van der Waals surface area contributed by atoms with E-state index in [2.05, 4.69) is 10.3 Å². The largest absolute Gasteiger partial charge is 0.463 e. The molecule has 0 radical (unpaired) electrons. The maximum Gasteiger partial charge on any atom is 0.339 e. The van der Waals surface area contributed by atoms with Crippen LogP contribution in [-0.2, 0) is 9.53 Å². The van der Waals surface area contributed by atoms with Gasteiger partial charge in [-0.05, 0) is 44.0 Å². The summed E-state index contributed by atoms with van der Waals surface area (Å²) in [7, 11) is 0. The van der Waals surface area contributed by atoms with Crippen LogP contribution in [0.2, 0.25) is 0 Å². The van der Waals surface area contributed by atoms with E-state index in [0.717, 1.165) is 12.8 Å². The highest BCUT2D eigenvalue weighted by Gasteiger charge is 2.28. The van der Waals surface area contributed by atoms with Gasteiger partial charge in [0.15, 0.2) is 11.9 Å². The second-order valence-electron chi connectivity index (χ2n) is 6.38. The molecular formula is C20H18N2O4. The van der Waals surface area contributed by atoms with Gasteiger partial charge in [-0.1, -0.05) is 18.2 Å². The zero-order valence-electron chi connectivity index (χ0n) is 14.3. The van der Waals surface area contributed by atoms with Gasteiger partial charge < -0.3 is 14.5 Å². The molecule has 4 rings (SSSR count). The van der Waals surface area contributed by atoms with Gasteiger partial charge in [0.1, 0.15) is 5.69 Å². The SMILES string of the molecule is C[C@@H](OC(=O)c1cc(-c2ccco2)nc2ccccc12)C(=O)NC1CC1. The Bertz CT molecular complexity index is 961. The number of para-hydroxylation sites is 1. The summed E-state index contributed by atoms with van der Waals surface area (Å²) < 4.78 is 10.8. The van der Waals surface area contributed by atoms with Crippen LogP contribution in [0, 0.1) is 0 Å². The number of esters is 1. The van der Waals surface area contributed by atoms with Crippen LogP contribution in [0.4, 0.5) is 0 Å². The molecule has 0 spiro atoms. The number of hydrogen-bond acceptors (Lipinski definition) is 5. The molecule has 0 unspecified atom stereocenters. The lowest BCUT2D eigenvalue weighted by Crippen LogP contribution is -2.37. The second kappa shape index (κ2) is 6.63. The zero-order chi connectivity index (χ0) is 18.1. The van der Waals surface area contributed by atoms with Crippen molar-refractivity contribution in [3.8, 4) is 11.5 Å². The van der Waals surface area contributed by atoms with Gasteiger partial charge in [-0.2, -0.15) is 0 Å². The van der Waals surface area contributed by atoms with E-state index in [0.29, 0.717) is 27.9 Å². The summed E-state index contributed by atoms with van der Waals surface area (Å²) in [6, 6.07) is 12.7. The van der Waals surface area contributed by atoms with E-state index < -0.39 is 12.1 Å². The standard InChI is InChI=1S/C20H18N2O4/c1-12(19(23)21-13-8-9-13)26-20(24)15-11-17(18-7-4-10-25-18)22-16-6-3-2-5-14(15)16/h2-7,10-13H,8-9H2,1H3,(H,21,23)/t12-/m1/s1. The van der Waals surface area contributed by atoms with Gasteiger partial charge in [0, 0.05) is 11.4 Å². The number of amides is 1. The third-order valence-corrected chi connectivity index (χ3v) is 4.29. The highest BCUT2D eigenvalue weighted by atomic mass is 16.5. The number of benzene rings is 1. The molecule has 132 valence electrons. The average molecular weight is 350 g/mol. The Morgan fingerprint density at radius 3 is 2.77 bits per heavy atom. The molecule has 0 aliphatic heterocycles. The highest BCUT2D eigenvalue weighted by Crippen LogP contribution is 2.26. The maximum atomic E-state index is 12.7. The topological polar surface area (TPSA) is 81.4 Å². The smallest absolute Gasteiger partial charge is 0.339 e. The molecule has 0 saturated heterocycles. The minimum atomic E-state index is -0.859. The third kappa shape index (κ3) is 3.31. The summed E-state index contributed by atoms with van der Waals surface area (Å²) in [4.78, 5) is 29.3. The number of hydrogen-bond donors (Lipinski definition) is 1. The molecule has 1 aromatic carbocycles. The third-order valence-electron chi connectivity index (χ3n) is 4.29. The zero-order valence-corrected chi connectivity index (χ0v) is 14.3. The number of nitrogens with one attached hydrogen (secondary N) is 1. The number of carbonyl (C=O) groups excluding carboxylic acids is 2. The Hall–Kier alpha value is -3.15. The van der Waals surface area contributed by atoms with Crippen LogP contribution < -0.4 is 5.32 Å². The summed E-state index contributed by atoms with van der Waals surface area (Å²) in [5.74, 6) is -0.273. The van der Waals surface area contributed by atoms with Gasteiger partial charge >= 0.3 is 5.97 Å². The number of furan rings is 1. The molecule has 1 aliphatic carbocycles. The van der Waals surface area contributed by atoms with E-state index in [1.54, 1.807) is 37.5 Å². The van der Waals surface area contributed by atoms with Crippen LogP contribution in [-0.4, -0.2) is 29.0 Å². The van der Waals surface area contributed by atoms with Crippen LogP contribution in [0.25, 0.3) is 22.4 Å². The highest BCUT2D eigenvalue weighted by molar-refractivity contribution is 6.05. The van der Waals surface area contributed by atoms with Crippen molar-refractivity contribution in [2.75, 3.05) is 0 Å². The summed E-state index contributed by atoms with van der Waals surface area (Å²) in [5.41, 5.74) is 1.55. The molecule has 1 atom stereocenters. The predicted molar refractivity (Wildman–Crippen MR) is 95.5 cm³/mol. The van der Waals surface area contributed by atoms with E-state index in [4.69, 9.17) is 9.15 Å². The normalized spacial score (nSPS) is 14.8. The molecule has 26 heavy (non-hydrogen) atoms. The lowest BCUT2D eigenvalue weighted by atomic mass is 10.1. The molecular weight excluding hydrogens is 332 g/mol. The maximum absolute atomic E-state index is 12.7. The number of nitrogens with zero attached hydrogens (tertiary/aromatic N) is 1. The van der Waals surface area contributed by atoms with Crippen molar-refractivity contribution in [2.45, 2.75) is 31.9 Å². The van der Waals surface area contributed by atoms with E-state index in [-0.39, 0.29) is 11.9 Å². The van der Waals surface area contributed by atoms with Gasteiger partial charge in [0.25, 0.3) is 5.91 Å². The molecule has 6 nitrogen and oxygen atoms in total. The second-order valence-corrected chi connectivity index (χ2v) is 6.38. The van der Waals surface area contributed by atoms with Gasteiger partial charge in [-0.15, -0.1) is 0 Å². The van der Waals surface area contributed by atoms with Crippen molar-refractivity contribution in [2.24, 2.45) is 0 Å². The lowest BCUT2D eigenvalue weighted by molar-refractivity contribution is -0.129. The summed E-state index contributed by atoms with van der Waals surface area (Å²) >= 11 is 0. The number of carbonyl (C=O) groups is 2. The first-order valence-electron chi connectivity index (χ1n) is 8.57. The van der Waals surface area contributed by atoms with Gasteiger partial charge in [0.2, 0.25) is 0 Å². The predicted octanol–water partition coefficient (Wildman–Crippen LogP) is 3.32. The minimum Gasteiger partial charge on any atom is -0.463 e. The Balaban J connectivity index is 1.65. The molecule has 1 saturated carbocycles. The monoisotopic (exact) mass is 350 g/mol. The van der Waals surface area contributed by atoms with Crippen LogP contribution in [0.15, 0.2) is 53.1 Å². The number of rotatable bonds is 5. The van der Waals surface area contributed by atoms with E-state index in [9.17, 15) is 9.59 Å². The summed E-state index contributed by atoms with van der Waals surface area (Å²) in [6.07, 6.45) is 2.65. The first kappa shape index (κ1) is 16.3. The van der Waals surface area contributed by atoms with Crippen molar-refractivity contribution >= 4 is 22.8 Å². The summed E-state index contributed by atoms with van der Waals surface area (Å²) in [6.45, 7) is 1.58. The Morgan fingerprint density at radius 2 is 2.04 bits per heavy atom. The molecule has 3 aromatic rings. The number of fused-ring (bicyclic) bond motifs is 1. The molecule has 1 amide bonds. The molecule has 6 heteroatoms. The molecule has 1 aliphatic rings. The molecule has 0 bridgehead atoms. The molecule has 2 aromatic heterocycles. The number of ether oxygens (including phenoxy) is 1. The van der Waals surface area contributed by atoms with Crippen molar-refractivity contribution in [1.82, 2.24) is 10.3 Å². The fraction of sp³-hybridized carbons (Fsp3) is 0.250. The van der Waals surface area contributed by atoms with Gasteiger partial charge in [-0.3, -0.25) is 4.79 Å². The number of pyridine rings is 1. The van der Waals surface area contributed by atoms with Crippen LogP contribution in [0.5, 0.6) is 0 Å². The van der Waals surface area contributed by atoms with Crippen molar-refractivity contribution in [3.63, 3.8) is 0 Å². The first-order chi connectivity index (χ1) is 12.6. The van der Waals surface area contributed by atoms with Crippen LogP contribution >= 0.6 is 0 Å². The average Bonchev–Trinajstić information content (AvgIpc) is 3.29. The molecule has 1 fully saturated rings. The lowest BCUT2D eigenvalue weighted by Gasteiger charge is -2.14. The molecule has 2 heterocycles. The van der Waals surface area contributed by atoms with Crippen molar-refractivity contribution < 1.29 is 18.7 Å². The minimum absolute atomic E-state index is 0.218. The Kier molecular flexibility index (Phi) is 4.16. The fourth-order valence-corrected chi connectivity index (χ4v) is 2.72. The van der Waals surface area contributed by atoms with Crippen molar-refractivity contribution in [3.05, 3.63) is 54.3 Å². The van der Waals surface area contributed by atoms with Gasteiger partial charge in [-0.25, -0.2) is 9.78 Å².